The molecule has 0 radical (unpaired) electrons. The Bertz CT molecular complexity index is 587. The standard InChI is InChI=1S/C18H26N4O2/c1-5-7-20-18(19-2)21-15-6-8-22(13-15)12-14-9-16(23-3)11-17(10-14)24-4/h1,9-11,15H,6-8,12-13H2,2-4H3,(H2,19,20,21). The van der Waals surface area contributed by atoms with Gasteiger partial charge in [-0.1, -0.05) is 5.92 Å². The van der Waals surface area contributed by atoms with Gasteiger partial charge in [0.15, 0.2) is 5.96 Å². The van der Waals surface area contributed by atoms with Crippen LogP contribution in [0.25, 0.3) is 0 Å². The van der Waals surface area contributed by atoms with Crippen LogP contribution in [0.5, 0.6) is 11.5 Å². The Morgan fingerprint density at radius 1 is 1.33 bits per heavy atom. The van der Waals surface area contributed by atoms with Crippen molar-refractivity contribution in [3.8, 4) is 23.8 Å². The van der Waals surface area contributed by atoms with E-state index in [2.05, 4.69) is 38.6 Å². The fraction of sp³-hybridized carbons (Fsp3) is 0.500. The number of benzene rings is 1. The lowest BCUT2D eigenvalue weighted by Gasteiger charge is -2.19. The fourth-order valence-electron chi connectivity index (χ4n) is 2.83. The minimum Gasteiger partial charge on any atom is -0.497 e. The molecule has 24 heavy (non-hydrogen) atoms. The summed E-state index contributed by atoms with van der Waals surface area (Å²) in [6.07, 6.45) is 6.34. The quantitative estimate of drug-likeness (QED) is 0.464. The summed E-state index contributed by atoms with van der Waals surface area (Å²) in [5.41, 5.74) is 1.18. The first kappa shape index (κ1) is 18.0. The summed E-state index contributed by atoms with van der Waals surface area (Å²) in [6.45, 7) is 3.32. The van der Waals surface area contributed by atoms with Crippen molar-refractivity contribution < 1.29 is 9.47 Å². The van der Waals surface area contributed by atoms with Crippen molar-refractivity contribution in [3.05, 3.63) is 23.8 Å². The summed E-state index contributed by atoms with van der Waals surface area (Å²) in [7, 11) is 5.09. The van der Waals surface area contributed by atoms with Gasteiger partial charge in [-0.2, -0.15) is 0 Å². The minimum atomic E-state index is 0.362. The van der Waals surface area contributed by atoms with E-state index in [1.807, 2.05) is 6.07 Å². The molecule has 0 aromatic heterocycles. The molecule has 6 nitrogen and oxygen atoms in total. The average Bonchev–Trinajstić information content (AvgIpc) is 3.04. The molecule has 1 aliphatic heterocycles. The monoisotopic (exact) mass is 330 g/mol. The second-order valence-electron chi connectivity index (χ2n) is 5.72. The van der Waals surface area contributed by atoms with Gasteiger partial charge in [0.2, 0.25) is 0 Å². The van der Waals surface area contributed by atoms with Gasteiger partial charge in [0, 0.05) is 38.8 Å². The number of hydrogen-bond acceptors (Lipinski definition) is 4. The van der Waals surface area contributed by atoms with Crippen molar-refractivity contribution >= 4 is 5.96 Å². The van der Waals surface area contributed by atoms with Crippen molar-refractivity contribution in [2.75, 3.05) is 40.9 Å². The molecule has 1 aromatic carbocycles. The van der Waals surface area contributed by atoms with Crippen molar-refractivity contribution in [3.63, 3.8) is 0 Å². The molecule has 1 fully saturated rings. The Balaban J connectivity index is 1.91. The highest BCUT2D eigenvalue weighted by molar-refractivity contribution is 5.80. The summed E-state index contributed by atoms with van der Waals surface area (Å²) in [5.74, 6) is 4.94. The molecule has 2 rings (SSSR count). The van der Waals surface area contributed by atoms with Gasteiger partial charge < -0.3 is 20.1 Å². The third-order valence-corrected chi connectivity index (χ3v) is 4.01. The van der Waals surface area contributed by atoms with Gasteiger partial charge in [-0.3, -0.25) is 9.89 Å². The lowest BCUT2D eigenvalue weighted by atomic mass is 10.2. The molecule has 1 saturated heterocycles. The topological polar surface area (TPSA) is 58.1 Å². The van der Waals surface area contributed by atoms with E-state index in [0.717, 1.165) is 43.5 Å². The highest BCUT2D eigenvalue weighted by Crippen LogP contribution is 2.24. The summed E-state index contributed by atoms with van der Waals surface area (Å²) in [5, 5.41) is 6.51. The molecular weight excluding hydrogens is 304 g/mol. The predicted molar refractivity (Wildman–Crippen MR) is 96.6 cm³/mol. The summed E-state index contributed by atoms with van der Waals surface area (Å²) < 4.78 is 10.7. The largest absolute Gasteiger partial charge is 0.497 e. The molecule has 1 unspecified atom stereocenters. The molecule has 130 valence electrons. The lowest BCUT2D eigenvalue weighted by Crippen LogP contribution is -2.44. The van der Waals surface area contributed by atoms with Crippen LogP contribution in [0.3, 0.4) is 0 Å². The number of ether oxygens (including phenoxy) is 2. The van der Waals surface area contributed by atoms with Gasteiger partial charge in [-0.25, -0.2) is 0 Å². The van der Waals surface area contributed by atoms with Crippen molar-refractivity contribution in [2.24, 2.45) is 4.99 Å². The third kappa shape index (κ3) is 5.07. The van der Waals surface area contributed by atoms with Crippen molar-refractivity contribution in [2.45, 2.75) is 19.0 Å². The summed E-state index contributed by atoms with van der Waals surface area (Å²) >= 11 is 0. The lowest BCUT2D eigenvalue weighted by molar-refractivity contribution is 0.321. The van der Waals surface area contributed by atoms with E-state index in [-0.39, 0.29) is 0 Å². The Kier molecular flexibility index (Phi) is 6.76. The van der Waals surface area contributed by atoms with E-state index in [9.17, 15) is 0 Å². The van der Waals surface area contributed by atoms with Crippen LogP contribution in [0.1, 0.15) is 12.0 Å². The van der Waals surface area contributed by atoms with E-state index >= 15 is 0 Å². The maximum absolute atomic E-state index is 5.34. The second-order valence-corrected chi connectivity index (χ2v) is 5.72. The number of aliphatic imine (C=N–C) groups is 1. The zero-order valence-electron chi connectivity index (χ0n) is 14.6. The van der Waals surface area contributed by atoms with Crippen LogP contribution in [0.4, 0.5) is 0 Å². The van der Waals surface area contributed by atoms with E-state index in [4.69, 9.17) is 15.9 Å². The summed E-state index contributed by atoms with van der Waals surface area (Å²) in [6, 6.07) is 6.35. The fourth-order valence-corrected chi connectivity index (χ4v) is 2.83. The van der Waals surface area contributed by atoms with Crippen LogP contribution in [0.2, 0.25) is 0 Å². The van der Waals surface area contributed by atoms with Gasteiger partial charge >= 0.3 is 0 Å². The molecule has 0 aliphatic carbocycles. The number of terminal acetylenes is 1. The molecule has 0 saturated carbocycles. The van der Waals surface area contributed by atoms with Crippen LogP contribution in [-0.2, 0) is 6.54 Å². The normalized spacial score (nSPS) is 18.1. The van der Waals surface area contributed by atoms with Gasteiger partial charge in [0.25, 0.3) is 0 Å². The van der Waals surface area contributed by atoms with Gasteiger partial charge in [-0.05, 0) is 24.1 Å². The number of rotatable bonds is 6. The number of nitrogens with one attached hydrogen (secondary N) is 2. The first-order chi connectivity index (χ1) is 11.7. The predicted octanol–water partition coefficient (Wildman–Crippen LogP) is 1.08. The Hall–Kier alpha value is -2.39. The summed E-state index contributed by atoms with van der Waals surface area (Å²) in [4.78, 5) is 6.59. The Labute approximate surface area is 144 Å². The molecule has 2 N–H and O–H groups in total. The SMILES string of the molecule is C#CCNC(=NC)NC1CCN(Cc2cc(OC)cc(OC)c2)C1. The number of hydrogen-bond donors (Lipinski definition) is 2. The zero-order valence-corrected chi connectivity index (χ0v) is 14.6. The van der Waals surface area contributed by atoms with E-state index in [1.54, 1.807) is 21.3 Å². The maximum atomic E-state index is 5.34. The number of nitrogens with zero attached hydrogens (tertiary/aromatic N) is 2. The molecule has 1 aliphatic rings. The van der Waals surface area contributed by atoms with Crippen LogP contribution in [0, 0.1) is 12.3 Å². The van der Waals surface area contributed by atoms with Gasteiger partial charge in [0.1, 0.15) is 11.5 Å². The van der Waals surface area contributed by atoms with Crippen LogP contribution < -0.4 is 20.1 Å². The minimum absolute atomic E-state index is 0.362. The molecule has 6 heteroatoms. The van der Waals surface area contributed by atoms with Crippen molar-refractivity contribution in [1.29, 1.82) is 0 Å². The van der Waals surface area contributed by atoms with Gasteiger partial charge in [0.05, 0.1) is 20.8 Å². The van der Waals surface area contributed by atoms with E-state index < -0.39 is 0 Å². The molecular formula is C18H26N4O2. The molecule has 0 spiro atoms. The molecule has 1 heterocycles. The van der Waals surface area contributed by atoms with E-state index in [0.29, 0.717) is 12.6 Å². The first-order valence-corrected chi connectivity index (χ1v) is 8.03. The third-order valence-electron chi connectivity index (χ3n) is 4.01. The highest BCUT2D eigenvalue weighted by atomic mass is 16.5. The number of guanidine groups is 1. The van der Waals surface area contributed by atoms with Gasteiger partial charge in [-0.15, -0.1) is 6.42 Å². The zero-order chi connectivity index (χ0) is 17.4. The van der Waals surface area contributed by atoms with Crippen molar-refractivity contribution in [1.82, 2.24) is 15.5 Å². The van der Waals surface area contributed by atoms with Crippen LogP contribution in [0.15, 0.2) is 23.2 Å². The van der Waals surface area contributed by atoms with Crippen LogP contribution in [-0.4, -0.2) is 57.8 Å². The number of methoxy groups -OCH3 is 2. The maximum Gasteiger partial charge on any atom is 0.192 e. The molecule has 0 bridgehead atoms. The Morgan fingerprint density at radius 3 is 2.62 bits per heavy atom. The second kappa shape index (κ2) is 9.04. The average molecular weight is 330 g/mol. The smallest absolute Gasteiger partial charge is 0.192 e. The van der Waals surface area contributed by atoms with E-state index in [1.165, 1.54) is 5.56 Å². The molecule has 1 atom stereocenters. The molecule has 1 aromatic rings. The highest BCUT2D eigenvalue weighted by Gasteiger charge is 2.23. The molecule has 0 amide bonds. The number of likely N-dealkylation sites (tertiary alicyclic amines) is 1. The Morgan fingerprint density at radius 2 is 2.04 bits per heavy atom. The first-order valence-electron chi connectivity index (χ1n) is 8.03. The van der Waals surface area contributed by atoms with Crippen LogP contribution >= 0.6 is 0 Å².